The van der Waals surface area contributed by atoms with E-state index in [1.807, 2.05) is 0 Å². The van der Waals surface area contributed by atoms with E-state index in [4.69, 9.17) is 14.2 Å². The Morgan fingerprint density at radius 1 is 1.08 bits per heavy atom. The molecular formula is C16H22N2O6. The highest BCUT2D eigenvalue weighted by atomic mass is 16.6. The minimum absolute atomic E-state index is 0.100. The van der Waals surface area contributed by atoms with Crippen molar-refractivity contribution < 1.29 is 28.6 Å². The first-order chi connectivity index (χ1) is 11.4. The van der Waals surface area contributed by atoms with Crippen molar-refractivity contribution in [2.45, 2.75) is 26.8 Å². The molecule has 24 heavy (non-hydrogen) atoms. The van der Waals surface area contributed by atoms with Crippen molar-refractivity contribution in [2.24, 2.45) is 0 Å². The molecule has 0 fully saturated rings. The van der Waals surface area contributed by atoms with E-state index in [1.54, 1.807) is 38.1 Å². The van der Waals surface area contributed by atoms with Crippen LogP contribution in [0.2, 0.25) is 0 Å². The molecule has 0 aromatic heterocycles. The number of amides is 2. The molecule has 0 bridgehead atoms. The number of nitrogens with one attached hydrogen (secondary N) is 1. The first-order valence-electron chi connectivity index (χ1n) is 7.52. The summed E-state index contributed by atoms with van der Waals surface area (Å²) in [6, 6.07) is 5.43. The zero-order valence-corrected chi connectivity index (χ0v) is 14.2. The Kier molecular flexibility index (Phi) is 7.54. The summed E-state index contributed by atoms with van der Waals surface area (Å²) in [4.78, 5) is 36.2. The van der Waals surface area contributed by atoms with Crippen LogP contribution in [-0.4, -0.2) is 49.3 Å². The zero-order valence-electron chi connectivity index (χ0n) is 14.2. The zero-order chi connectivity index (χ0) is 18.1. The average molecular weight is 338 g/mol. The molecular weight excluding hydrogens is 316 g/mol. The van der Waals surface area contributed by atoms with Crippen LogP contribution in [0.15, 0.2) is 24.3 Å². The smallest absolute Gasteiger partial charge is 0.429 e. The molecule has 8 nitrogen and oxygen atoms in total. The second kappa shape index (κ2) is 9.39. The Morgan fingerprint density at radius 2 is 1.67 bits per heavy atom. The van der Waals surface area contributed by atoms with Crippen LogP contribution in [0.25, 0.3) is 0 Å². The van der Waals surface area contributed by atoms with Gasteiger partial charge in [0.1, 0.15) is 11.8 Å². The number of hydrazine groups is 1. The molecule has 1 aromatic carbocycles. The maximum Gasteiger partial charge on any atom is 0.429 e. The van der Waals surface area contributed by atoms with E-state index in [1.165, 1.54) is 14.0 Å². The Balaban J connectivity index is 2.95. The average Bonchev–Trinajstić information content (AvgIpc) is 2.59. The van der Waals surface area contributed by atoms with E-state index in [-0.39, 0.29) is 19.0 Å². The van der Waals surface area contributed by atoms with Gasteiger partial charge < -0.3 is 14.2 Å². The van der Waals surface area contributed by atoms with Gasteiger partial charge in [0.15, 0.2) is 5.78 Å². The summed E-state index contributed by atoms with van der Waals surface area (Å²) in [6.07, 6.45) is -1.69. The molecule has 0 radical (unpaired) electrons. The number of benzene rings is 1. The van der Waals surface area contributed by atoms with Gasteiger partial charge in [-0.1, -0.05) is 0 Å². The van der Waals surface area contributed by atoms with Crippen molar-refractivity contribution in [3.63, 3.8) is 0 Å². The molecule has 0 aliphatic carbocycles. The molecule has 1 atom stereocenters. The molecule has 0 aliphatic heterocycles. The van der Waals surface area contributed by atoms with Gasteiger partial charge in [-0.05, 0) is 45.0 Å². The number of methoxy groups -OCH3 is 1. The highest BCUT2D eigenvalue weighted by molar-refractivity contribution is 6.01. The van der Waals surface area contributed by atoms with Crippen molar-refractivity contribution in [1.29, 1.82) is 0 Å². The molecule has 0 unspecified atom stereocenters. The fourth-order valence-electron chi connectivity index (χ4n) is 1.87. The predicted molar refractivity (Wildman–Crippen MR) is 85.8 cm³/mol. The molecule has 0 aliphatic rings. The third-order valence-corrected chi connectivity index (χ3v) is 3.09. The molecule has 2 amide bonds. The lowest BCUT2D eigenvalue weighted by Gasteiger charge is -2.27. The normalized spacial score (nSPS) is 11.2. The lowest BCUT2D eigenvalue weighted by molar-refractivity contribution is 0.0515. The van der Waals surface area contributed by atoms with Gasteiger partial charge in [-0.25, -0.2) is 20.0 Å². The summed E-state index contributed by atoms with van der Waals surface area (Å²) < 4.78 is 14.6. The first-order valence-corrected chi connectivity index (χ1v) is 7.52. The molecule has 0 saturated carbocycles. The third kappa shape index (κ3) is 5.15. The highest BCUT2D eigenvalue weighted by Crippen LogP contribution is 2.14. The van der Waals surface area contributed by atoms with Crippen LogP contribution >= 0.6 is 0 Å². The van der Waals surface area contributed by atoms with E-state index in [0.29, 0.717) is 11.3 Å². The number of rotatable bonds is 6. The van der Waals surface area contributed by atoms with E-state index >= 15 is 0 Å². The molecule has 0 spiro atoms. The number of carbonyl (C=O) groups excluding carboxylic acids is 3. The summed E-state index contributed by atoms with van der Waals surface area (Å²) in [6.45, 7) is 4.96. The number of nitrogens with zero attached hydrogens (tertiary/aromatic N) is 1. The van der Waals surface area contributed by atoms with Gasteiger partial charge in [0.25, 0.3) is 0 Å². The Hall–Kier alpha value is -2.77. The maximum atomic E-state index is 12.6. The van der Waals surface area contributed by atoms with Crippen LogP contribution in [0.5, 0.6) is 5.75 Å². The molecule has 1 rings (SSSR count). The predicted octanol–water partition coefficient (Wildman–Crippen LogP) is 2.39. The van der Waals surface area contributed by atoms with E-state index in [2.05, 4.69) is 5.43 Å². The van der Waals surface area contributed by atoms with Crippen LogP contribution in [0.1, 0.15) is 31.1 Å². The van der Waals surface area contributed by atoms with Crippen LogP contribution < -0.4 is 10.2 Å². The monoisotopic (exact) mass is 338 g/mol. The maximum absolute atomic E-state index is 12.6. The number of hydrogen-bond donors (Lipinski definition) is 1. The van der Waals surface area contributed by atoms with E-state index in [9.17, 15) is 14.4 Å². The van der Waals surface area contributed by atoms with Crippen molar-refractivity contribution in [1.82, 2.24) is 10.4 Å². The minimum atomic E-state index is -0.984. The Labute approximate surface area is 140 Å². The second-order valence-corrected chi connectivity index (χ2v) is 4.67. The first kappa shape index (κ1) is 19.3. The molecule has 1 aromatic rings. The topological polar surface area (TPSA) is 94.2 Å². The largest absolute Gasteiger partial charge is 0.497 e. The number of ketones is 1. The van der Waals surface area contributed by atoms with Gasteiger partial charge >= 0.3 is 12.2 Å². The van der Waals surface area contributed by atoms with Gasteiger partial charge in [-0.2, -0.15) is 0 Å². The summed E-state index contributed by atoms with van der Waals surface area (Å²) in [7, 11) is 1.52. The quantitative estimate of drug-likeness (QED) is 0.632. The molecule has 8 heteroatoms. The summed E-state index contributed by atoms with van der Waals surface area (Å²) >= 11 is 0. The lowest BCUT2D eigenvalue weighted by atomic mass is 10.1. The molecule has 1 N–H and O–H groups in total. The number of hydrogen-bond acceptors (Lipinski definition) is 6. The van der Waals surface area contributed by atoms with Crippen molar-refractivity contribution in [3.8, 4) is 5.75 Å². The van der Waals surface area contributed by atoms with Gasteiger partial charge in [0.05, 0.1) is 20.3 Å². The summed E-state index contributed by atoms with van der Waals surface area (Å²) in [5, 5.41) is 0.814. The van der Waals surface area contributed by atoms with Gasteiger partial charge in [0, 0.05) is 5.56 Å². The van der Waals surface area contributed by atoms with Crippen molar-refractivity contribution in [2.75, 3.05) is 20.3 Å². The second-order valence-electron chi connectivity index (χ2n) is 4.67. The summed E-state index contributed by atoms with van der Waals surface area (Å²) in [5.74, 6) is 0.230. The minimum Gasteiger partial charge on any atom is -0.497 e. The van der Waals surface area contributed by atoms with Crippen LogP contribution in [0.4, 0.5) is 9.59 Å². The van der Waals surface area contributed by atoms with Crippen LogP contribution in [0.3, 0.4) is 0 Å². The van der Waals surface area contributed by atoms with Crippen molar-refractivity contribution >= 4 is 18.0 Å². The Bertz CT molecular complexity index is 572. The van der Waals surface area contributed by atoms with Crippen molar-refractivity contribution in [3.05, 3.63) is 29.8 Å². The fourth-order valence-corrected chi connectivity index (χ4v) is 1.87. The lowest BCUT2D eigenvalue weighted by Crippen LogP contribution is -2.54. The fraction of sp³-hybridized carbons (Fsp3) is 0.438. The standard InChI is InChI=1S/C16H22N2O6/c1-5-23-15(20)17-18(16(21)24-6-2)11(3)14(19)12-7-9-13(22-4)10-8-12/h7-11H,5-6H2,1-4H3,(H,17,20)/t11-/m0/s1. The van der Waals surface area contributed by atoms with Crippen LogP contribution in [0, 0.1) is 0 Å². The van der Waals surface area contributed by atoms with E-state index in [0.717, 1.165) is 5.01 Å². The number of carbonyl (C=O) groups is 3. The SMILES string of the molecule is CCOC(=O)NN(C(=O)OCC)[C@@H](C)C(=O)c1ccc(OC)cc1. The van der Waals surface area contributed by atoms with E-state index < -0.39 is 18.2 Å². The number of Topliss-reactive ketones (excluding diaryl/α,β-unsaturated/α-hetero) is 1. The summed E-state index contributed by atoms with van der Waals surface area (Å²) in [5.41, 5.74) is 2.59. The molecule has 0 heterocycles. The van der Waals surface area contributed by atoms with Gasteiger partial charge in [-0.3, -0.25) is 4.79 Å². The van der Waals surface area contributed by atoms with Gasteiger partial charge in [0.2, 0.25) is 0 Å². The molecule has 0 saturated heterocycles. The molecule has 132 valence electrons. The van der Waals surface area contributed by atoms with Gasteiger partial charge in [-0.15, -0.1) is 0 Å². The third-order valence-electron chi connectivity index (χ3n) is 3.09. The number of ether oxygens (including phenoxy) is 3. The highest BCUT2D eigenvalue weighted by Gasteiger charge is 2.30. The van der Waals surface area contributed by atoms with Crippen LogP contribution in [-0.2, 0) is 9.47 Å². The Morgan fingerprint density at radius 3 is 2.17 bits per heavy atom.